The van der Waals surface area contributed by atoms with Crippen molar-refractivity contribution >= 4 is 23.5 Å². The molecule has 1 aliphatic rings. The molecular formula is C17H12N2O6. The number of nitro benzene ring substituents is 1. The maximum absolute atomic E-state index is 12.2. The molecule has 0 aromatic heterocycles. The first-order valence-electron chi connectivity index (χ1n) is 7.38. The molecule has 25 heavy (non-hydrogen) atoms. The number of nitrogens with zero attached hydrogens (tertiary/aromatic N) is 2. The molecule has 0 radical (unpaired) electrons. The molecule has 0 aliphatic carbocycles. The first kappa shape index (κ1) is 16.3. The SMILES string of the molecule is O=C(CCN1C(=O)c2ccccc2C1=O)Oc1ccc([N+](=O)[O-])cc1. The van der Waals surface area contributed by atoms with Crippen LogP contribution in [0.4, 0.5) is 5.69 Å². The summed E-state index contributed by atoms with van der Waals surface area (Å²) in [5.74, 6) is -1.38. The van der Waals surface area contributed by atoms with E-state index in [1.54, 1.807) is 24.3 Å². The molecule has 0 unspecified atom stereocenters. The molecule has 2 aromatic carbocycles. The third-order valence-corrected chi connectivity index (χ3v) is 3.70. The standard InChI is InChI=1S/C17H12N2O6/c20-15(25-12-7-5-11(6-8-12)19(23)24)9-10-18-16(21)13-3-1-2-4-14(13)17(18)22/h1-8H,9-10H2. The summed E-state index contributed by atoms with van der Waals surface area (Å²) in [6.07, 6.45) is -0.178. The summed E-state index contributed by atoms with van der Waals surface area (Å²) in [5.41, 5.74) is 0.512. The van der Waals surface area contributed by atoms with E-state index in [1.165, 1.54) is 24.3 Å². The number of carbonyl (C=O) groups excluding carboxylic acids is 3. The Balaban J connectivity index is 1.59. The zero-order valence-corrected chi connectivity index (χ0v) is 12.9. The number of nitro groups is 1. The van der Waals surface area contributed by atoms with Crippen molar-refractivity contribution in [2.24, 2.45) is 0 Å². The van der Waals surface area contributed by atoms with E-state index in [9.17, 15) is 24.5 Å². The molecule has 0 saturated carbocycles. The first-order valence-corrected chi connectivity index (χ1v) is 7.38. The van der Waals surface area contributed by atoms with Gasteiger partial charge in [0.1, 0.15) is 5.75 Å². The number of ether oxygens (including phenoxy) is 1. The van der Waals surface area contributed by atoms with Gasteiger partial charge in [-0.1, -0.05) is 12.1 Å². The Morgan fingerprint density at radius 1 is 1.00 bits per heavy atom. The van der Waals surface area contributed by atoms with Gasteiger partial charge in [-0.25, -0.2) is 0 Å². The maximum Gasteiger partial charge on any atom is 0.312 e. The van der Waals surface area contributed by atoms with Gasteiger partial charge in [0.05, 0.1) is 22.5 Å². The van der Waals surface area contributed by atoms with Crippen molar-refractivity contribution in [1.29, 1.82) is 0 Å². The van der Waals surface area contributed by atoms with Crippen LogP contribution in [-0.2, 0) is 4.79 Å². The van der Waals surface area contributed by atoms with E-state index < -0.39 is 22.7 Å². The van der Waals surface area contributed by atoms with Crippen LogP contribution in [0.5, 0.6) is 5.75 Å². The Labute approximate surface area is 141 Å². The Hall–Kier alpha value is -3.55. The number of fused-ring (bicyclic) bond motifs is 1. The largest absolute Gasteiger partial charge is 0.426 e. The summed E-state index contributed by atoms with van der Waals surface area (Å²) < 4.78 is 5.05. The van der Waals surface area contributed by atoms with Gasteiger partial charge in [-0.2, -0.15) is 0 Å². The number of non-ortho nitro benzene ring substituents is 1. The number of hydrogen-bond acceptors (Lipinski definition) is 6. The van der Waals surface area contributed by atoms with Crippen molar-refractivity contribution < 1.29 is 24.0 Å². The van der Waals surface area contributed by atoms with Gasteiger partial charge in [-0.3, -0.25) is 29.4 Å². The minimum atomic E-state index is -0.648. The molecule has 126 valence electrons. The zero-order chi connectivity index (χ0) is 18.0. The van der Waals surface area contributed by atoms with E-state index >= 15 is 0 Å². The number of rotatable bonds is 5. The Morgan fingerprint density at radius 3 is 2.08 bits per heavy atom. The van der Waals surface area contributed by atoms with Crippen molar-refractivity contribution in [3.8, 4) is 5.75 Å². The molecule has 0 fully saturated rings. The second-order valence-electron chi connectivity index (χ2n) is 5.28. The monoisotopic (exact) mass is 340 g/mol. The second-order valence-corrected chi connectivity index (χ2v) is 5.28. The minimum absolute atomic E-state index is 0.0990. The van der Waals surface area contributed by atoms with Crippen LogP contribution in [0.15, 0.2) is 48.5 Å². The third-order valence-electron chi connectivity index (χ3n) is 3.70. The number of benzene rings is 2. The fourth-order valence-corrected chi connectivity index (χ4v) is 2.46. The van der Waals surface area contributed by atoms with E-state index in [0.717, 1.165) is 4.90 Å². The molecule has 8 heteroatoms. The number of hydrogen-bond donors (Lipinski definition) is 0. The van der Waals surface area contributed by atoms with Crippen molar-refractivity contribution in [1.82, 2.24) is 4.90 Å². The molecule has 0 bridgehead atoms. The van der Waals surface area contributed by atoms with E-state index in [0.29, 0.717) is 11.1 Å². The lowest BCUT2D eigenvalue weighted by Gasteiger charge is -2.13. The quantitative estimate of drug-likeness (QED) is 0.271. The van der Waals surface area contributed by atoms with Crippen LogP contribution in [0.3, 0.4) is 0 Å². The van der Waals surface area contributed by atoms with Crippen LogP contribution in [0.25, 0.3) is 0 Å². The molecular weight excluding hydrogens is 328 g/mol. The fourth-order valence-electron chi connectivity index (χ4n) is 2.46. The molecule has 0 N–H and O–H groups in total. The fraction of sp³-hybridized carbons (Fsp3) is 0.118. The molecule has 1 aliphatic heterocycles. The maximum atomic E-state index is 12.2. The van der Waals surface area contributed by atoms with E-state index in [2.05, 4.69) is 0 Å². The highest BCUT2D eigenvalue weighted by Crippen LogP contribution is 2.23. The molecule has 2 amide bonds. The summed E-state index contributed by atoms with van der Waals surface area (Å²) in [6.45, 7) is -0.0990. The number of amides is 2. The van der Waals surface area contributed by atoms with Crippen LogP contribution in [0.2, 0.25) is 0 Å². The van der Waals surface area contributed by atoms with Crippen molar-refractivity contribution in [2.45, 2.75) is 6.42 Å². The van der Waals surface area contributed by atoms with Crippen LogP contribution in [0.1, 0.15) is 27.1 Å². The zero-order valence-electron chi connectivity index (χ0n) is 12.9. The van der Waals surface area contributed by atoms with Crippen LogP contribution < -0.4 is 4.74 Å². The number of imide groups is 1. The summed E-state index contributed by atoms with van der Waals surface area (Å²) in [4.78, 5) is 47.2. The van der Waals surface area contributed by atoms with E-state index in [-0.39, 0.29) is 24.4 Å². The molecule has 0 spiro atoms. The summed E-state index contributed by atoms with van der Waals surface area (Å²) in [7, 11) is 0. The molecule has 0 saturated heterocycles. The van der Waals surface area contributed by atoms with Crippen molar-refractivity contribution in [2.75, 3.05) is 6.54 Å². The lowest BCUT2D eigenvalue weighted by Crippen LogP contribution is -2.32. The topological polar surface area (TPSA) is 107 Å². The van der Waals surface area contributed by atoms with E-state index in [1.807, 2.05) is 0 Å². The molecule has 2 aromatic rings. The molecule has 0 atom stereocenters. The molecule has 8 nitrogen and oxygen atoms in total. The van der Waals surface area contributed by atoms with Crippen molar-refractivity contribution in [3.63, 3.8) is 0 Å². The van der Waals surface area contributed by atoms with Crippen LogP contribution in [-0.4, -0.2) is 34.2 Å². The number of carbonyl (C=O) groups is 3. The smallest absolute Gasteiger partial charge is 0.312 e. The molecule has 1 heterocycles. The van der Waals surface area contributed by atoms with Crippen LogP contribution >= 0.6 is 0 Å². The van der Waals surface area contributed by atoms with Gasteiger partial charge in [0.15, 0.2) is 0 Å². The first-order chi connectivity index (χ1) is 12.0. The van der Waals surface area contributed by atoms with Gasteiger partial charge in [0, 0.05) is 18.7 Å². The average Bonchev–Trinajstić information content (AvgIpc) is 2.85. The van der Waals surface area contributed by atoms with Crippen LogP contribution in [0, 0.1) is 10.1 Å². The second kappa shape index (κ2) is 6.52. The van der Waals surface area contributed by atoms with Gasteiger partial charge in [0.25, 0.3) is 17.5 Å². The highest BCUT2D eigenvalue weighted by molar-refractivity contribution is 6.21. The van der Waals surface area contributed by atoms with Gasteiger partial charge >= 0.3 is 5.97 Å². The Morgan fingerprint density at radius 2 is 1.56 bits per heavy atom. The van der Waals surface area contributed by atoms with Gasteiger partial charge < -0.3 is 4.74 Å². The Kier molecular flexibility index (Phi) is 4.25. The minimum Gasteiger partial charge on any atom is -0.426 e. The van der Waals surface area contributed by atoms with Crippen molar-refractivity contribution in [3.05, 3.63) is 69.8 Å². The highest BCUT2D eigenvalue weighted by Gasteiger charge is 2.35. The predicted octanol–water partition coefficient (Wildman–Crippen LogP) is 2.19. The van der Waals surface area contributed by atoms with Gasteiger partial charge in [-0.05, 0) is 24.3 Å². The predicted molar refractivity (Wildman–Crippen MR) is 85.2 cm³/mol. The van der Waals surface area contributed by atoms with Gasteiger partial charge in [0.2, 0.25) is 0 Å². The lowest BCUT2D eigenvalue weighted by atomic mass is 10.1. The number of esters is 1. The highest BCUT2D eigenvalue weighted by atomic mass is 16.6. The summed E-state index contributed by atoms with van der Waals surface area (Å²) in [6, 6.07) is 11.5. The normalized spacial score (nSPS) is 12.9. The van der Waals surface area contributed by atoms with Gasteiger partial charge in [-0.15, -0.1) is 0 Å². The summed E-state index contributed by atoms with van der Waals surface area (Å²) >= 11 is 0. The third kappa shape index (κ3) is 3.23. The molecule has 3 rings (SSSR count). The Bertz CT molecular complexity index is 840. The van der Waals surface area contributed by atoms with E-state index in [4.69, 9.17) is 4.74 Å². The summed E-state index contributed by atoms with van der Waals surface area (Å²) in [5, 5.41) is 10.6. The lowest BCUT2D eigenvalue weighted by molar-refractivity contribution is -0.384. The average molecular weight is 340 g/mol.